The number of furan rings is 1. The van der Waals surface area contributed by atoms with E-state index in [1.807, 2.05) is 16.7 Å². The summed E-state index contributed by atoms with van der Waals surface area (Å²) in [7, 11) is 1.59. The smallest absolute Gasteiger partial charge is 0.215 e. The molecule has 0 atom stereocenters. The molecule has 0 aliphatic rings. The first-order valence-electron chi connectivity index (χ1n) is 5.79. The van der Waals surface area contributed by atoms with Crippen molar-refractivity contribution in [3.8, 4) is 5.88 Å². The van der Waals surface area contributed by atoms with E-state index in [9.17, 15) is 0 Å². The first-order chi connectivity index (χ1) is 9.31. The molecule has 0 saturated heterocycles. The summed E-state index contributed by atoms with van der Waals surface area (Å²) in [6.07, 6.45) is 3.34. The Morgan fingerprint density at radius 2 is 2.21 bits per heavy atom. The van der Waals surface area contributed by atoms with Crippen LogP contribution in [0, 0.1) is 0 Å². The predicted molar refractivity (Wildman–Crippen MR) is 71.4 cm³/mol. The summed E-state index contributed by atoms with van der Waals surface area (Å²) in [6.45, 7) is 0.620. The van der Waals surface area contributed by atoms with E-state index in [4.69, 9.17) is 20.8 Å². The van der Waals surface area contributed by atoms with Crippen molar-refractivity contribution in [3.63, 3.8) is 0 Å². The molecule has 0 aliphatic heterocycles. The lowest BCUT2D eigenvalue weighted by molar-refractivity contribution is 0.399. The summed E-state index contributed by atoms with van der Waals surface area (Å²) in [5.74, 6) is 1.66. The summed E-state index contributed by atoms with van der Waals surface area (Å²) >= 11 is 5.95. The molecule has 0 fully saturated rings. The molecular weight excluding hydrogens is 266 g/mol. The van der Waals surface area contributed by atoms with Crippen LogP contribution in [0.5, 0.6) is 5.88 Å². The maximum absolute atomic E-state index is 5.95. The van der Waals surface area contributed by atoms with Crippen molar-refractivity contribution in [3.05, 3.63) is 42.1 Å². The second kappa shape index (κ2) is 4.93. The van der Waals surface area contributed by atoms with Crippen LogP contribution >= 0.6 is 11.6 Å². The van der Waals surface area contributed by atoms with Crippen molar-refractivity contribution in [1.29, 1.82) is 0 Å². The molecule has 0 saturated carbocycles. The van der Waals surface area contributed by atoms with Crippen molar-refractivity contribution in [2.24, 2.45) is 0 Å². The summed E-state index contributed by atoms with van der Waals surface area (Å²) in [5, 5.41) is 0. The fourth-order valence-corrected chi connectivity index (χ4v) is 2.18. The molecule has 0 aromatic carbocycles. The predicted octanol–water partition coefficient (Wildman–Crippen LogP) is 2.82. The molecule has 0 radical (unpaired) electrons. The van der Waals surface area contributed by atoms with Gasteiger partial charge in [-0.2, -0.15) is 4.98 Å². The zero-order valence-corrected chi connectivity index (χ0v) is 11.1. The van der Waals surface area contributed by atoms with Crippen LogP contribution < -0.4 is 4.74 Å². The Kier molecular flexibility index (Phi) is 3.13. The molecule has 0 unspecified atom stereocenters. The molecule has 0 N–H and O–H groups in total. The minimum absolute atomic E-state index is 0.330. The highest BCUT2D eigenvalue weighted by Crippen LogP contribution is 2.20. The topological polar surface area (TPSA) is 53.1 Å². The molecular formula is C13H12ClN3O2. The van der Waals surface area contributed by atoms with Gasteiger partial charge < -0.3 is 13.7 Å². The van der Waals surface area contributed by atoms with Crippen LogP contribution in [-0.4, -0.2) is 21.6 Å². The quantitative estimate of drug-likeness (QED) is 0.688. The Bertz CT molecular complexity index is 691. The van der Waals surface area contributed by atoms with E-state index >= 15 is 0 Å². The number of halogens is 1. The third-order valence-corrected chi connectivity index (χ3v) is 3.13. The van der Waals surface area contributed by atoms with Gasteiger partial charge in [0.25, 0.3) is 0 Å². The molecule has 3 aromatic heterocycles. The van der Waals surface area contributed by atoms with Gasteiger partial charge >= 0.3 is 0 Å². The number of hydrogen-bond donors (Lipinski definition) is 0. The Labute approximate surface area is 114 Å². The second-order valence-electron chi connectivity index (χ2n) is 4.08. The highest BCUT2D eigenvalue weighted by molar-refractivity contribution is 6.16. The average Bonchev–Trinajstić information content (AvgIpc) is 3.07. The number of alkyl halides is 1. The van der Waals surface area contributed by atoms with Crippen molar-refractivity contribution in [1.82, 2.24) is 14.5 Å². The van der Waals surface area contributed by atoms with Gasteiger partial charge in [-0.05, 0) is 12.1 Å². The highest BCUT2D eigenvalue weighted by Gasteiger charge is 2.13. The largest absolute Gasteiger partial charge is 0.481 e. The molecule has 19 heavy (non-hydrogen) atoms. The van der Waals surface area contributed by atoms with Crippen LogP contribution in [0.4, 0.5) is 0 Å². The van der Waals surface area contributed by atoms with E-state index < -0.39 is 0 Å². The molecule has 5 nitrogen and oxygen atoms in total. The number of aromatic nitrogens is 3. The zero-order valence-electron chi connectivity index (χ0n) is 10.3. The lowest BCUT2D eigenvalue weighted by Gasteiger charge is -2.05. The number of imidazole rings is 1. The lowest BCUT2D eigenvalue weighted by atomic mass is 10.3. The van der Waals surface area contributed by atoms with Gasteiger partial charge in [0.15, 0.2) is 5.65 Å². The molecule has 3 rings (SSSR count). The Balaban J connectivity index is 2.13. The normalized spacial score (nSPS) is 11.1. The highest BCUT2D eigenvalue weighted by atomic mass is 35.5. The van der Waals surface area contributed by atoms with Crippen LogP contribution in [0.3, 0.4) is 0 Å². The summed E-state index contributed by atoms with van der Waals surface area (Å²) < 4.78 is 12.2. The zero-order chi connectivity index (χ0) is 13.2. The molecule has 0 bridgehead atoms. The maximum atomic E-state index is 5.95. The first kappa shape index (κ1) is 12.0. The van der Waals surface area contributed by atoms with Crippen LogP contribution in [0.2, 0.25) is 0 Å². The summed E-state index contributed by atoms with van der Waals surface area (Å²) in [5.41, 5.74) is 2.60. The van der Waals surface area contributed by atoms with E-state index in [2.05, 4.69) is 9.97 Å². The van der Waals surface area contributed by atoms with Gasteiger partial charge in [-0.25, -0.2) is 4.98 Å². The fraction of sp³-hybridized carbons (Fsp3) is 0.231. The van der Waals surface area contributed by atoms with Gasteiger partial charge in [-0.15, -0.1) is 11.6 Å². The van der Waals surface area contributed by atoms with E-state index in [1.54, 1.807) is 25.7 Å². The van der Waals surface area contributed by atoms with Gasteiger partial charge in [-0.1, -0.05) is 0 Å². The number of fused-ring (bicyclic) bond motifs is 1. The Morgan fingerprint density at radius 3 is 2.89 bits per heavy atom. The molecule has 0 spiro atoms. The van der Waals surface area contributed by atoms with Gasteiger partial charge in [0, 0.05) is 11.6 Å². The number of pyridine rings is 1. The van der Waals surface area contributed by atoms with E-state index in [0.717, 1.165) is 22.6 Å². The Morgan fingerprint density at radius 1 is 1.32 bits per heavy atom. The lowest BCUT2D eigenvalue weighted by Crippen LogP contribution is -2.04. The van der Waals surface area contributed by atoms with Gasteiger partial charge in [-0.3, -0.25) is 0 Å². The van der Waals surface area contributed by atoms with Crippen LogP contribution in [0.25, 0.3) is 11.2 Å². The third-order valence-electron chi connectivity index (χ3n) is 2.90. The molecule has 0 aliphatic carbocycles. The molecule has 98 valence electrons. The minimum Gasteiger partial charge on any atom is -0.481 e. The van der Waals surface area contributed by atoms with Crippen LogP contribution in [-0.2, 0) is 12.4 Å². The SMILES string of the molecule is COc1ccc2nc(CCl)n(Cc3ccoc3)c2n1. The van der Waals surface area contributed by atoms with Crippen molar-refractivity contribution in [2.45, 2.75) is 12.4 Å². The maximum Gasteiger partial charge on any atom is 0.215 e. The van der Waals surface area contributed by atoms with Crippen molar-refractivity contribution in [2.75, 3.05) is 7.11 Å². The Hall–Kier alpha value is -2.01. The van der Waals surface area contributed by atoms with Crippen LogP contribution in [0.15, 0.2) is 35.1 Å². The molecule has 6 heteroatoms. The van der Waals surface area contributed by atoms with E-state index in [-0.39, 0.29) is 0 Å². The van der Waals surface area contributed by atoms with Gasteiger partial charge in [0.1, 0.15) is 11.3 Å². The fourth-order valence-electron chi connectivity index (χ4n) is 1.98. The van der Waals surface area contributed by atoms with E-state index in [1.165, 1.54) is 0 Å². The summed E-state index contributed by atoms with van der Waals surface area (Å²) in [4.78, 5) is 8.90. The summed E-state index contributed by atoms with van der Waals surface area (Å²) in [6, 6.07) is 5.57. The number of rotatable bonds is 4. The standard InChI is InChI=1S/C13H12ClN3O2/c1-18-12-3-2-10-13(16-12)17(11(6-14)15-10)7-9-4-5-19-8-9/h2-5,8H,6-7H2,1H3. The number of hydrogen-bond acceptors (Lipinski definition) is 4. The average molecular weight is 278 g/mol. The number of ether oxygens (including phenoxy) is 1. The number of nitrogens with zero attached hydrogens (tertiary/aromatic N) is 3. The van der Waals surface area contributed by atoms with Crippen molar-refractivity contribution >= 4 is 22.8 Å². The van der Waals surface area contributed by atoms with Crippen molar-refractivity contribution < 1.29 is 9.15 Å². The minimum atomic E-state index is 0.330. The molecule has 3 aromatic rings. The van der Waals surface area contributed by atoms with Crippen LogP contribution in [0.1, 0.15) is 11.4 Å². The second-order valence-corrected chi connectivity index (χ2v) is 4.34. The number of methoxy groups -OCH3 is 1. The van der Waals surface area contributed by atoms with Gasteiger partial charge in [0.05, 0.1) is 32.1 Å². The van der Waals surface area contributed by atoms with Gasteiger partial charge in [0.2, 0.25) is 5.88 Å². The van der Waals surface area contributed by atoms with E-state index in [0.29, 0.717) is 18.3 Å². The third kappa shape index (κ3) is 2.17. The molecule has 0 amide bonds. The monoisotopic (exact) mass is 277 g/mol. The molecule has 3 heterocycles. The first-order valence-corrected chi connectivity index (χ1v) is 6.32.